The van der Waals surface area contributed by atoms with Crippen LogP contribution in [0.2, 0.25) is 0 Å². The summed E-state index contributed by atoms with van der Waals surface area (Å²) < 4.78 is 30.7. The van der Waals surface area contributed by atoms with Crippen molar-refractivity contribution in [1.82, 2.24) is 4.90 Å². The fourth-order valence-electron chi connectivity index (χ4n) is 1.81. The van der Waals surface area contributed by atoms with E-state index in [4.69, 9.17) is 5.11 Å². The van der Waals surface area contributed by atoms with E-state index in [1.165, 1.54) is 0 Å². The first kappa shape index (κ1) is 12.7. The Bertz CT molecular complexity index is 295. The smallest absolute Gasteiger partial charge is 0.407 e. The normalized spacial score (nSPS) is 23.9. The number of nitrogens with zero attached hydrogens (tertiary/aromatic N) is 1. The molecule has 0 bridgehead atoms. The second-order valence-electron chi connectivity index (χ2n) is 3.87. The first-order chi connectivity index (χ1) is 7.34. The molecule has 1 atom stereocenters. The van der Waals surface area contributed by atoms with Crippen LogP contribution in [0.15, 0.2) is 0 Å². The Morgan fingerprint density at radius 3 is 2.69 bits per heavy atom. The maximum atomic E-state index is 13.2. The molecular formula is C9H13F2NO4. The molecule has 7 heteroatoms. The van der Waals surface area contributed by atoms with Crippen LogP contribution in [0.4, 0.5) is 13.6 Å². The van der Waals surface area contributed by atoms with Crippen LogP contribution in [0.1, 0.15) is 12.8 Å². The zero-order valence-corrected chi connectivity index (χ0v) is 8.78. The van der Waals surface area contributed by atoms with Gasteiger partial charge in [0.15, 0.2) is 0 Å². The summed E-state index contributed by atoms with van der Waals surface area (Å²) in [5.41, 5.74) is 0. The van der Waals surface area contributed by atoms with Crippen LogP contribution in [0.5, 0.6) is 0 Å². The summed E-state index contributed by atoms with van der Waals surface area (Å²) in [4.78, 5) is 22.2. The minimum absolute atomic E-state index is 0.0555. The highest BCUT2D eigenvalue weighted by molar-refractivity contribution is 5.70. The van der Waals surface area contributed by atoms with E-state index in [9.17, 15) is 18.4 Å². The number of carboxylic acid groups (broad SMARTS) is 1. The lowest BCUT2D eigenvalue weighted by atomic mass is 9.92. The Balaban J connectivity index is 2.65. The number of piperidine rings is 1. The van der Waals surface area contributed by atoms with E-state index in [2.05, 4.69) is 4.74 Å². The van der Waals surface area contributed by atoms with Crippen LogP contribution in [0, 0.1) is 5.92 Å². The molecular weight excluding hydrogens is 224 g/mol. The van der Waals surface area contributed by atoms with Gasteiger partial charge in [0.25, 0.3) is 5.92 Å². The van der Waals surface area contributed by atoms with Gasteiger partial charge in [0, 0.05) is 13.0 Å². The minimum atomic E-state index is -3.07. The number of esters is 1. The largest absolute Gasteiger partial charge is 0.469 e. The fourth-order valence-corrected chi connectivity index (χ4v) is 1.81. The summed E-state index contributed by atoms with van der Waals surface area (Å²) in [6.07, 6.45) is -2.06. The lowest BCUT2D eigenvalue weighted by Crippen LogP contribution is -2.49. The third-order valence-electron chi connectivity index (χ3n) is 2.44. The molecule has 16 heavy (non-hydrogen) atoms. The van der Waals surface area contributed by atoms with Crippen LogP contribution in [0.25, 0.3) is 0 Å². The molecule has 0 aliphatic carbocycles. The van der Waals surface area contributed by atoms with Crippen molar-refractivity contribution in [3.63, 3.8) is 0 Å². The highest BCUT2D eigenvalue weighted by atomic mass is 19.3. The zero-order valence-electron chi connectivity index (χ0n) is 8.78. The van der Waals surface area contributed by atoms with Gasteiger partial charge in [-0.05, 0) is 5.92 Å². The predicted molar refractivity (Wildman–Crippen MR) is 49.3 cm³/mol. The highest BCUT2D eigenvalue weighted by Crippen LogP contribution is 2.32. The first-order valence-electron chi connectivity index (χ1n) is 4.76. The SMILES string of the molecule is COC(=O)C[C@H]1CN(C(=O)O)CC(F)(F)C1. The van der Waals surface area contributed by atoms with E-state index in [1.807, 2.05) is 0 Å². The summed E-state index contributed by atoms with van der Waals surface area (Å²) in [5, 5.41) is 8.66. The number of alkyl halides is 2. The lowest BCUT2D eigenvalue weighted by Gasteiger charge is -2.35. The van der Waals surface area contributed by atoms with Gasteiger partial charge >= 0.3 is 12.1 Å². The third kappa shape index (κ3) is 3.32. The number of likely N-dealkylation sites (tertiary alicyclic amines) is 1. The molecule has 5 nitrogen and oxygen atoms in total. The summed E-state index contributed by atoms with van der Waals surface area (Å²) in [6.45, 7) is -0.861. The maximum Gasteiger partial charge on any atom is 0.407 e. The average Bonchev–Trinajstić information content (AvgIpc) is 2.14. The molecule has 1 fully saturated rings. The number of carbonyl (C=O) groups excluding carboxylic acids is 1. The summed E-state index contributed by atoms with van der Waals surface area (Å²) in [6, 6.07) is 0. The van der Waals surface area contributed by atoms with Crippen LogP contribution >= 0.6 is 0 Å². The average molecular weight is 237 g/mol. The molecule has 1 N–H and O–H groups in total. The predicted octanol–water partition coefficient (Wildman–Crippen LogP) is 1.18. The lowest BCUT2D eigenvalue weighted by molar-refractivity contribution is -0.144. The number of rotatable bonds is 2. The zero-order chi connectivity index (χ0) is 12.3. The van der Waals surface area contributed by atoms with Crippen molar-refractivity contribution in [1.29, 1.82) is 0 Å². The second-order valence-corrected chi connectivity index (χ2v) is 3.87. The summed E-state index contributed by atoms with van der Waals surface area (Å²) in [7, 11) is 1.16. The molecule has 0 aromatic carbocycles. The van der Waals surface area contributed by atoms with Crippen LogP contribution < -0.4 is 0 Å². The van der Waals surface area contributed by atoms with Crippen molar-refractivity contribution in [2.45, 2.75) is 18.8 Å². The van der Waals surface area contributed by atoms with Gasteiger partial charge in [-0.1, -0.05) is 0 Å². The standard InChI is InChI=1S/C9H13F2NO4/c1-16-7(13)2-6-3-9(10,11)5-12(4-6)8(14)15/h6H,2-5H2,1H3,(H,14,15)/t6-/m1/s1. The van der Waals surface area contributed by atoms with Crippen LogP contribution in [-0.2, 0) is 9.53 Å². The number of halogens is 2. The van der Waals surface area contributed by atoms with Gasteiger partial charge in [0.05, 0.1) is 20.1 Å². The van der Waals surface area contributed by atoms with Crippen molar-refractivity contribution in [3.8, 4) is 0 Å². The van der Waals surface area contributed by atoms with Crippen molar-refractivity contribution in [2.24, 2.45) is 5.92 Å². The molecule has 1 amide bonds. The quantitative estimate of drug-likeness (QED) is 0.732. The molecule has 1 heterocycles. The van der Waals surface area contributed by atoms with E-state index >= 15 is 0 Å². The Kier molecular flexibility index (Phi) is 3.66. The van der Waals surface area contributed by atoms with Crippen molar-refractivity contribution >= 4 is 12.1 Å². The van der Waals surface area contributed by atoms with Crippen molar-refractivity contribution in [2.75, 3.05) is 20.2 Å². The van der Waals surface area contributed by atoms with E-state index in [0.717, 1.165) is 7.11 Å². The molecule has 1 aliphatic heterocycles. The van der Waals surface area contributed by atoms with E-state index in [-0.39, 0.29) is 13.0 Å². The van der Waals surface area contributed by atoms with Gasteiger partial charge < -0.3 is 14.7 Å². The number of methoxy groups -OCH3 is 1. The highest BCUT2D eigenvalue weighted by Gasteiger charge is 2.42. The van der Waals surface area contributed by atoms with Gasteiger partial charge in [-0.15, -0.1) is 0 Å². The molecule has 1 saturated heterocycles. The van der Waals surface area contributed by atoms with Gasteiger partial charge in [0.1, 0.15) is 0 Å². The minimum Gasteiger partial charge on any atom is -0.469 e. The second kappa shape index (κ2) is 4.63. The molecule has 0 aromatic heterocycles. The Morgan fingerprint density at radius 2 is 2.19 bits per heavy atom. The molecule has 0 spiro atoms. The summed E-state index contributed by atoms with van der Waals surface area (Å²) >= 11 is 0. The number of amides is 1. The fraction of sp³-hybridized carbons (Fsp3) is 0.778. The van der Waals surface area contributed by atoms with Crippen molar-refractivity contribution < 1.29 is 28.2 Å². The maximum absolute atomic E-state index is 13.2. The topological polar surface area (TPSA) is 66.8 Å². The van der Waals surface area contributed by atoms with Gasteiger partial charge in [-0.25, -0.2) is 13.6 Å². The van der Waals surface area contributed by atoms with Gasteiger partial charge in [-0.2, -0.15) is 0 Å². The molecule has 92 valence electrons. The molecule has 1 aliphatic rings. The van der Waals surface area contributed by atoms with E-state index in [0.29, 0.717) is 4.90 Å². The van der Waals surface area contributed by atoms with E-state index in [1.54, 1.807) is 0 Å². The molecule has 0 radical (unpaired) electrons. The van der Waals surface area contributed by atoms with Crippen LogP contribution in [-0.4, -0.2) is 48.2 Å². The Labute approximate surface area is 91.0 Å². The molecule has 0 saturated carbocycles. The number of carbonyl (C=O) groups is 2. The third-order valence-corrected chi connectivity index (χ3v) is 2.44. The van der Waals surface area contributed by atoms with Gasteiger partial charge in [0.2, 0.25) is 0 Å². The number of ether oxygens (including phenoxy) is 1. The van der Waals surface area contributed by atoms with E-state index < -0.39 is 36.9 Å². The van der Waals surface area contributed by atoms with Gasteiger partial charge in [-0.3, -0.25) is 4.79 Å². The Hall–Kier alpha value is -1.40. The molecule has 0 unspecified atom stereocenters. The molecule has 0 aromatic rings. The first-order valence-corrected chi connectivity index (χ1v) is 4.76. The van der Waals surface area contributed by atoms with Crippen molar-refractivity contribution in [3.05, 3.63) is 0 Å². The van der Waals surface area contributed by atoms with Crippen LogP contribution in [0.3, 0.4) is 0 Å². The molecule has 1 rings (SSSR count). The monoisotopic (exact) mass is 237 g/mol. The summed E-state index contributed by atoms with van der Waals surface area (Å²) in [5.74, 6) is -4.37. The Morgan fingerprint density at radius 1 is 1.56 bits per heavy atom. The number of hydrogen-bond acceptors (Lipinski definition) is 3. The number of hydrogen-bond donors (Lipinski definition) is 1.